The van der Waals surface area contributed by atoms with Gasteiger partial charge in [0.05, 0.1) is 16.4 Å². The molecule has 0 fully saturated rings. The van der Waals surface area contributed by atoms with Gasteiger partial charge in [-0.25, -0.2) is 4.79 Å². The van der Waals surface area contributed by atoms with Gasteiger partial charge in [0.15, 0.2) is 0 Å². The van der Waals surface area contributed by atoms with Gasteiger partial charge in [-0.3, -0.25) is 0 Å². The van der Waals surface area contributed by atoms with Crippen molar-refractivity contribution in [3.8, 4) is 27.9 Å². The Hall–Kier alpha value is -5.41. The lowest BCUT2D eigenvalue weighted by molar-refractivity contribution is 0.569. The average molecular weight is 514 g/mol. The van der Waals surface area contributed by atoms with E-state index >= 15 is 0 Å². The van der Waals surface area contributed by atoms with Crippen molar-refractivity contribution in [3.05, 3.63) is 150 Å². The van der Waals surface area contributed by atoms with Crippen molar-refractivity contribution in [3.63, 3.8) is 0 Å². The second kappa shape index (κ2) is 8.82. The number of rotatable bonds is 3. The maximum atomic E-state index is 12.9. The molecule has 0 aliphatic heterocycles. The summed E-state index contributed by atoms with van der Waals surface area (Å²) in [6.07, 6.45) is 0. The van der Waals surface area contributed by atoms with Crippen LogP contribution >= 0.6 is 0 Å². The van der Waals surface area contributed by atoms with Crippen molar-refractivity contribution in [2.24, 2.45) is 0 Å². The lowest BCUT2D eigenvalue weighted by Crippen LogP contribution is -2.00. The molecule has 8 aromatic rings. The number of hydrogen-bond acceptors (Lipinski definition) is 2. The maximum absolute atomic E-state index is 12.9. The Morgan fingerprint density at radius 3 is 1.68 bits per heavy atom. The van der Waals surface area contributed by atoms with Crippen LogP contribution in [0.4, 0.5) is 0 Å². The summed E-state index contributed by atoms with van der Waals surface area (Å²) in [4.78, 5) is 12.9. The summed E-state index contributed by atoms with van der Waals surface area (Å²) < 4.78 is 7.97. The fourth-order valence-electron chi connectivity index (χ4n) is 5.93. The van der Waals surface area contributed by atoms with Crippen molar-refractivity contribution in [2.45, 2.75) is 0 Å². The first-order valence-electron chi connectivity index (χ1n) is 13.4. The van der Waals surface area contributed by atoms with Gasteiger partial charge >= 0.3 is 5.63 Å². The Labute approximate surface area is 230 Å². The Morgan fingerprint density at radius 2 is 0.975 bits per heavy atom. The number of hydrogen-bond donors (Lipinski definition) is 0. The van der Waals surface area contributed by atoms with Crippen LogP contribution in [0, 0.1) is 0 Å². The van der Waals surface area contributed by atoms with Gasteiger partial charge in [-0.05, 0) is 76.2 Å². The van der Waals surface area contributed by atoms with Crippen LogP contribution in [0.5, 0.6) is 0 Å². The van der Waals surface area contributed by atoms with Crippen molar-refractivity contribution >= 4 is 43.5 Å². The first-order valence-corrected chi connectivity index (χ1v) is 13.4. The molecule has 0 aliphatic rings. The molecular weight excluding hydrogens is 490 g/mol. The van der Waals surface area contributed by atoms with Crippen molar-refractivity contribution in [1.29, 1.82) is 0 Å². The quantitative estimate of drug-likeness (QED) is 0.174. The third kappa shape index (κ3) is 3.49. The Balaban J connectivity index is 1.38. The number of benzene rings is 6. The molecule has 0 spiro atoms. The molecule has 3 heteroatoms. The minimum absolute atomic E-state index is 0.315. The normalized spacial score (nSPS) is 11.6. The summed E-state index contributed by atoms with van der Waals surface area (Å²) in [6, 6.07) is 48.0. The largest absolute Gasteiger partial charge is 0.422 e. The van der Waals surface area contributed by atoms with Gasteiger partial charge in [-0.15, -0.1) is 0 Å². The zero-order valence-electron chi connectivity index (χ0n) is 21.5. The molecule has 0 N–H and O–H groups in total. The van der Waals surface area contributed by atoms with E-state index in [1.807, 2.05) is 48.5 Å². The maximum Gasteiger partial charge on any atom is 0.344 e. The Morgan fingerprint density at radius 1 is 0.425 bits per heavy atom. The van der Waals surface area contributed by atoms with E-state index in [4.69, 9.17) is 4.42 Å². The first kappa shape index (κ1) is 22.6. The molecule has 0 saturated carbocycles. The Bertz CT molecular complexity index is 2280. The molecule has 3 nitrogen and oxygen atoms in total. The van der Waals surface area contributed by atoms with E-state index in [0.717, 1.165) is 38.6 Å². The van der Waals surface area contributed by atoms with Crippen LogP contribution in [-0.4, -0.2) is 4.57 Å². The monoisotopic (exact) mass is 513 g/mol. The molecule has 188 valence electrons. The topological polar surface area (TPSA) is 35.1 Å². The van der Waals surface area contributed by atoms with Crippen LogP contribution in [0.1, 0.15) is 0 Å². The summed E-state index contributed by atoms with van der Waals surface area (Å²) in [5, 5.41) is 4.80. The van der Waals surface area contributed by atoms with E-state index in [1.165, 1.54) is 21.9 Å². The van der Waals surface area contributed by atoms with Crippen LogP contribution in [0.2, 0.25) is 0 Å². The SMILES string of the molecule is O=c1oc2ccccc2c2ccc(-c3ccc4c(c3)c3cc(-c5ccccc5)ccc3n4-c3ccccc3)cc12. The van der Waals surface area contributed by atoms with Crippen molar-refractivity contribution in [2.75, 3.05) is 0 Å². The minimum Gasteiger partial charge on any atom is -0.422 e. The lowest BCUT2D eigenvalue weighted by Gasteiger charge is -2.09. The molecule has 2 aromatic heterocycles. The van der Waals surface area contributed by atoms with Gasteiger partial charge in [-0.2, -0.15) is 0 Å². The summed E-state index contributed by atoms with van der Waals surface area (Å²) in [7, 11) is 0. The molecule has 0 bridgehead atoms. The second-order valence-electron chi connectivity index (χ2n) is 10.1. The summed E-state index contributed by atoms with van der Waals surface area (Å²) in [5.41, 5.74) is 8.12. The molecule has 0 amide bonds. The zero-order chi connectivity index (χ0) is 26.6. The highest BCUT2D eigenvalue weighted by Gasteiger charge is 2.15. The average Bonchev–Trinajstić information content (AvgIpc) is 3.35. The first-order chi connectivity index (χ1) is 19.7. The fourth-order valence-corrected chi connectivity index (χ4v) is 5.93. The summed E-state index contributed by atoms with van der Waals surface area (Å²) in [6.45, 7) is 0. The highest BCUT2D eigenvalue weighted by molar-refractivity contribution is 6.12. The van der Waals surface area contributed by atoms with E-state index < -0.39 is 0 Å². The third-order valence-electron chi connectivity index (χ3n) is 7.84. The molecule has 0 saturated heterocycles. The molecule has 0 unspecified atom stereocenters. The standard InChI is InChI=1S/C37H23NO2/c39-37-33-23-26(15-18-29(33)30-13-7-8-14-36(30)40-37)27-17-20-35-32(22-27)31-21-25(24-9-3-1-4-10-24)16-19-34(31)38(35)28-11-5-2-6-12-28/h1-23H. The second-order valence-corrected chi connectivity index (χ2v) is 10.1. The van der Waals surface area contributed by atoms with E-state index in [-0.39, 0.29) is 5.63 Å². The van der Waals surface area contributed by atoms with E-state index in [9.17, 15) is 4.79 Å². The molecule has 2 heterocycles. The molecule has 0 aliphatic carbocycles. The van der Waals surface area contributed by atoms with Crippen molar-refractivity contribution < 1.29 is 4.42 Å². The smallest absolute Gasteiger partial charge is 0.344 e. The zero-order valence-corrected chi connectivity index (χ0v) is 21.5. The van der Waals surface area contributed by atoms with Crippen LogP contribution in [0.3, 0.4) is 0 Å². The number of nitrogens with zero attached hydrogens (tertiary/aromatic N) is 1. The van der Waals surface area contributed by atoms with E-state index in [0.29, 0.717) is 11.0 Å². The Kier molecular flexibility index (Phi) is 4.98. The van der Waals surface area contributed by atoms with E-state index in [2.05, 4.69) is 95.6 Å². The van der Waals surface area contributed by atoms with Gasteiger partial charge in [-0.1, -0.05) is 91.0 Å². The fraction of sp³-hybridized carbons (Fsp3) is 0. The lowest BCUT2D eigenvalue weighted by atomic mass is 9.98. The predicted molar refractivity (Wildman–Crippen MR) is 165 cm³/mol. The summed E-state index contributed by atoms with van der Waals surface area (Å²) >= 11 is 0. The molecule has 0 atom stereocenters. The number of para-hydroxylation sites is 2. The minimum atomic E-state index is -0.315. The number of aromatic nitrogens is 1. The highest BCUT2D eigenvalue weighted by atomic mass is 16.4. The molecule has 6 aromatic carbocycles. The van der Waals surface area contributed by atoms with Gasteiger partial charge in [0, 0.05) is 21.8 Å². The molecule has 40 heavy (non-hydrogen) atoms. The summed E-state index contributed by atoms with van der Waals surface area (Å²) in [5.74, 6) is 0. The van der Waals surface area contributed by atoms with Gasteiger partial charge in [0.2, 0.25) is 0 Å². The molecule has 8 rings (SSSR count). The van der Waals surface area contributed by atoms with Crippen LogP contribution in [0.15, 0.2) is 149 Å². The highest BCUT2D eigenvalue weighted by Crippen LogP contribution is 2.37. The van der Waals surface area contributed by atoms with Crippen LogP contribution < -0.4 is 5.63 Å². The third-order valence-corrected chi connectivity index (χ3v) is 7.84. The molecular formula is C37H23NO2. The number of fused-ring (bicyclic) bond motifs is 6. The van der Waals surface area contributed by atoms with Crippen LogP contribution in [-0.2, 0) is 0 Å². The van der Waals surface area contributed by atoms with E-state index in [1.54, 1.807) is 0 Å². The van der Waals surface area contributed by atoms with Crippen LogP contribution in [0.25, 0.3) is 71.5 Å². The predicted octanol–water partition coefficient (Wildman–Crippen LogP) is 9.38. The van der Waals surface area contributed by atoms with Crippen molar-refractivity contribution in [1.82, 2.24) is 4.57 Å². The van der Waals surface area contributed by atoms with Gasteiger partial charge in [0.1, 0.15) is 5.58 Å². The molecule has 0 radical (unpaired) electrons. The van der Waals surface area contributed by atoms with Gasteiger partial charge in [0.25, 0.3) is 0 Å². The van der Waals surface area contributed by atoms with Gasteiger partial charge < -0.3 is 8.98 Å².